The number of benzene rings is 1. The van der Waals surface area contributed by atoms with Crippen LogP contribution in [0.2, 0.25) is 0 Å². The monoisotopic (exact) mass is 266 g/mol. The van der Waals surface area contributed by atoms with Gasteiger partial charge in [-0.15, -0.1) is 0 Å². The first-order valence-corrected chi connectivity index (χ1v) is 6.64. The molecule has 0 bridgehead atoms. The third kappa shape index (κ3) is 3.92. The molecule has 0 radical (unpaired) electrons. The molecule has 2 rings (SSSR count). The van der Waals surface area contributed by atoms with Gasteiger partial charge in [-0.05, 0) is 31.0 Å². The summed E-state index contributed by atoms with van der Waals surface area (Å²) in [7, 11) is 0. The molecule has 1 aromatic carbocycles. The van der Waals surface area contributed by atoms with Gasteiger partial charge in [0.2, 0.25) is 5.91 Å². The third-order valence-electron chi connectivity index (χ3n) is 3.12. The van der Waals surface area contributed by atoms with Gasteiger partial charge in [-0.3, -0.25) is 4.79 Å². The summed E-state index contributed by atoms with van der Waals surface area (Å²) in [5.41, 5.74) is 0.914. The van der Waals surface area contributed by atoms with E-state index in [-0.39, 0.29) is 17.8 Å². The van der Waals surface area contributed by atoms with Gasteiger partial charge in [0.25, 0.3) is 0 Å². The number of amides is 1. The van der Waals surface area contributed by atoms with Crippen LogP contribution >= 0.6 is 0 Å². The van der Waals surface area contributed by atoms with Crippen molar-refractivity contribution in [2.45, 2.75) is 32.3 Å². The van der Waals surface area contributed by atoms with Crippen LogP contribution in [0.5, 0.6) is 0 Å². The van der Waals surface area contributed by atoms with Gasteiger partial charge in [-0.1, -0.05) is 6.92 Å². The van der Waals surface area contributed by atoms with Crippen molar-refractivity contribution in [1.82, 2.24) is 0 Å². The highest BCUT2D eigenvalue weighted by Crippen LogP contribution is 2.20. The minimum absolute atomic E-state index is 0.125. The number of ether oxygens (including phenoxy) is 1. The lowest BCUT2D eigenvalue weighted by Gasteiger charge is -2.13. The molecule has 1 saturated heterocycles. The van der Waals surface area contributed by atoms with Gasteiger partial charge in [0.15, 0.2) is 0 Å². The largest absolute Gasteiger partial charge is 0.380 e. The van der Waals surface area contributed by atoms with E-state index < -0.39 is 0 Å². The van der Waals surface area contributed by atoms with Gasteiger partial charge in [0, 0.05) is 25.3 Å². The maximum Gasteiger partial charge on any atom is 0.224 e. The Bertz CT molecular complexity index is 445. The van der Waals surface area contributed by atoms with Crippen molar-refractivity contribution in [3.63, 3.8) is 0 Å². The molecule has 104 valence electrons. The Morgan fingerprint density at radius 3 is 3.00 bits per heavy atom. The van der Waals surface area contributed by atoms with Crippen LogP contribution in [0.3, 0.4) is 0 Å². The predicted molar refractivity (Wildman–Crippen MR) is 72.8 cm³/mol. The maximum atomic E-state index is 13.8. The molecule has 1 amide bonds. The minimum atomic E-state index is -0.369. The van der Waals surface area contributed by atoms with Crippen LogP contribution in [-0.4, -0.2) is 25.2 Å². The van der Waals surface area contributed by atoms with Gasteiger partial charge in [0.05, 0.1) is 11.8 Å². The molecule has 1 fully saturated rings. The Balaban J connectivity index is 1.92. The van der Waals surface area contributed by atoms with Crippen LogP contribution in [0.1, 0.15) is 26.2 Å². The zero-order valence-corrected chi connectivity index (χ0v) is 11.0. The lowest BCUT2D eigenvalue weighted by atomic mass is 10.2. The summed E-state index contributed by atoms with van der Waals surface area (Å²) in [6.07, 6.45) is 2.62. The molecule has 0 saturated carbocycles. The van der Waals surface area contributed by atoms with Crippen LogP contribution in [0.15, 0.2) is 18.2 Å². The van der Waals surface area contributed by atoms with Crippen molar-refractivity contribution < 1.29 is 13.9 Å². The fourth-order valence-electron chi connectivity index (χ4n) is 2.01. The standard InChI is InChI=1S/C14H19FN2O2/c1-2-14(18)17-10-5-6-13(12(15)8-10)16-9-11-4-3-7-19-11/h5-6,8,11,16H,2-4,7,9H2,1H3,(H,17,18)/t11-/m1/s1. The molecule has 1 aliphatic heterocycles. The third-order valence-corrected chi connectivity index (χ3v) is 3.12. The molecule has 4 nitrogen and oxygen atoms in total. The van der Waals surface area contributed by atoms with Crippen molar-refractivity contribution in [2.24, 2.45) is 0 Å². The predicted octanol–water partition coefficient (Wildman–Crippen LogP) is 2.77. The Hall–Kier alpha value is -1.62. The number of anilines is 2. The topological polar surface area (TPSA) is 50.4 Å². The van der Waals surface area contributed by atoms with E-state index in [0.717, 1.165) is 19.4 Å². The fraction of sp³-hybridized carbons (Fsp3) is 0.500. The van der Waals surface area contributed by atoms with E-state index >= 15 is 0 Å². The molecule has 1 aliphatic rings. The van der Waals surface area contributed by atoms with Crippen molar-refractivity contribution in [1.29, 1.82) is 0 Å². The van der Waals surface area contributed by atoms with Gasteiger partial charge >= 0.3 is 0 Å². The summed E-state index contributed by atoms with van der Waals surface area (Å²) in [5.74, 6) is -0.494. The first kappa shape index (κ1) is 13.8. The molecule has 19 heavy (non-hydrogen) atoms. The highest BCUT2D eigenvalue weighted by molar-refractivity contribution is 5.90. The van der Waals surface area contributed by atoms with E-state index in [1.165, 1.54) is 6.07 Å². The molecule has 2 N–H and O–H groups in total. The molecule has 0 unspecified atom stereocenters. The first-order chi connectivity index (χ1) is 9.19. The Morgan fingerprint density at radius 1 is 1.53 bits per heavy atom. The van der Waals surface area contributed by atoms with Crippen LogP contribution < -0.4 is 10.6 Å². The number of carbonyl (C=O) groups excluding carboxylic acids is 1. The molecule has 0 aromatic heterocycles. The van der Waals surface area contributed by atoms with E-state index in [0.29, 0.717) is 24.3 Å². The quantitative estimate of drug-likeness (QED) is 0.861. The zero-order valence-electron chi connectivity index (χ0n) is 11.0. The summed E-state index contributed by atoms with van der Waals surface area (Å²) in [6.45, 7) is 3.15. The Labute approximate surface area is 112 Å². The van der Waals surface area contributed by atoms with Gasteiger partial charge in [0.1, 0.15) is 5.82 Å². The number of halogens is 1. The van der Waals surface area contributed by atoms with Crippen LogP contribution in [-0.2, 0) is 9.53 Å². The first-order valence-electron chi connectivity index (χ1n) is 6.64. The highest BCUT2D eigenvalue weighted by atomic mass is 19.1. The second kappa shape index (κ2) is 6.52. The molecule has 1 heterocycles. The second-order valence-electron chi connectivity index (χ2n) is 4.61. The molecule has 0 aliphatic carbocycles. The maximum absolute atomic E-state index is 13.8. The number of carbonyl (C=O) groups is 1. The minimum Gasteiger partial charge on any atom is -0.380 e. The van der Waals surface area contributed by atoms with Gasteiger partial charge < -0.3 is 15.4 Å². The molecular weight excluding hydrogens is 247 g/mol. The summed E-state index contributed by atoms with van der Waals surface area (Å²) < 4.78 is 19.3. The summed E-state index contributed by atoms with van der Waals surface area (Å²) >= 11 is 0. The molecular formula is C14H19FN2O2. The van der Waals surface area contributed by atoms with Crippen LogP contribution in [0.25, 0.3) is 0 Å². The van der Waals surface area contributed by atoms with Crippen LogP contribution in [0.4, 0.5) is 15.8 Å². The fourth-order valence-corrected chi connectivity index (χ4v) is 2.01. The number of rotatable bonds is 5. The molecule has 5 heteroatoms. The smallest absolute Gasteiger partial charge is 0.224 e. The van der Waals surface area contributed by atoms with Crippen molar-refractivity contribution in [3.05, 3.63) is 24.0 Å². The van der Waals surface area contributed by atoms with Crippen molar-refractivity contribution >= 4 is 17.3 Å². The molecule has 1 aromatic rings. The average Bonchev–Trinajstić information content (AvgIpc) is 2.91. The van der Waals surface area contributed by atoms with Crippen molar-refractivity contribution in [2.75, 3.05) is 23.8 Å². The van der Waals surface area contributed by atoms with Crippen LogP contribution in [0, 0.1) is 5.82 Å². The van der Waals surface area contributed by atoms with Crippen molar-refractivity contribution in [3.8, 4) is 0 Å². The number of hydrogen-bond acceptors (Lipinski definition) is 3. The molecule has 0 spiro atoms. The SMILES string of the molecule is CCC(=O)Nc1ccc(NC[C@H]2CCCO2)c(F)c1. The summed E-state index contributed by atoms with van der Waals surface area (Å²) in [6, 6.07) is 4.65. The van der Waals surface area contributed by atoms with E-state index in [2.05, 4.69) is 10.6 Å². The van der Waals surface area contributed by atoms with E-state index in [1.807, 2.05) is 0 Å². The van der Waals surface area contributed by atoms with E-state index in [4.69, 9.17) is 4.74 Å². The zero-order chi connectivity index (χ0) is 13.7. The van der Waals surface area contributed by atoms with E-state index in [1.54, 1.807) is 19.1 Å². The highest BCUT2D eigenvalue weighted by Gasteiger charge is 2.15. The average molecular weight is 266 g/mol. The second-order valence-corrected chi connectivity index (χ2v) is 4.61. The Kier molecular flexibility index (Phi) is 4.74. The number of nitrogens with one attached hydrogen (secondary N) is 2. The Morgan fingerprint density at radius 2 is 2.37 bits per heavy atom. The molecule has 1 atom stereocenters. The summed E-state index contributed by atoms with van der Waals surface area (Å²) in [5, 5.41) is 5.66. The number of hydrogen-bond donors (Lipinski definition) is 2. The normalized spacial score (nSPS) is 18.3. The van der Waals surface area contributed by atoms with Gasteiger partial charge in [-0.2, -0.15) is 0 Å². The van der Waals surface area contributed by atoms with E-state index in [9.17, 15) is 9.18 Å². The lowest BCUT2D eigenvalue weighted by molar-refractivity contribution is -0.115. The van der Waals surface area contributed by atoms with Gasteiger partial charge in [-0.25, -0.2) is 4.39 Å². The lowest BCUT2D eigenvalue weighted by Crippen LogP contribution is -2.19. The summed E-state index contributed by atoms with van der Waals surface area (Å²) in [4.78, 5) is 11.2.